The predicted molar refractivity (Wildman–Crippen MR) is 114 cm³/mol. The SMILES string of the molecule is O=C(Nc1ccc2c(c1)OCCO2)N1CCN(c2ccc(N3CCCC3)nn2)CC1. The second-order valence-corrected chi connectivity index (χ2v) is 7.71. The van der Waals surface area contributed by atoms with Gasteiger partial charge in [0.2, 0.25) is 0 Å². The van der Waals surface area contributed by atoms with Gasteiger partial charge in [-0.2, -0.15) is 0 Å². The van der Waals surface area contributed by atoms with Gasteiger partial charge >= 0.3 is 6.03 Å². The van der Waals surface area contributed by atoms with Crippen molar-refractivity contribution in [1.82, 2.24) is 15.1 Å². The highest BCUT2D eigenvalue weighted by molar-refractivity contribution is 5.90. The van der Waals surface area contributed by atoms with Crippen molar-refractivity contribution < 1.29 is 14.3 Å². The number of hydrogen-bond donors (Lipinski definition) is 1. The van der Waals surface area contributed by atoms with Crippen LogP contribution in [-0.2, 0) is 0 Å². The van der Waals surface area contributed by atoms with Gasteiger partial charge in [0.05, 0.1) is 0 Å². The Morgan fingerprint density at radius 3 is 2.10 bits per heavy atom. The number of aromatic nitrogens is 2. The lowest BCUT2D eigenvalue weighted by Gasteiger charge is -2.35. The third-order valence-electron chi connectivity index (χ3n) is 5.75. The van der Waals surface area contributed by atoms with Crippen molar-refractivity contribution in [3.05, 3.63) is 30.3 Å². The molecule has 1 aromatic carbocycles. The van der Waals surface area contributed by atoms with E-state index >= 15 is 0 Å². The van der Waals surface area contributed by atoms with E-state index in [0.717, 1.165) is 37.8 Å². The molecule has 9 heteroatoms. The molecule has 3 aliphatic rings. The molecule has 0 bridgehead atoms. The normalized spacial score (nSPS) is 18.5. The molecule has 4 heterocycles. The van der Waals surface area contributed by atoms with Crippen LogP contribution in [0.15, 0.2) is 30.3 Å². The fourth-order valence-electron chi connectivity index (χ4n) is 4.06. The van der Waals surface area contributed by atoms with Crippen LogP contribution in [0.1, 0.15) is 12.8 Å². The maximum atomic E-state index is 12.7. The number of fused-ring (bicyclic) bond motifs is 1. The maximum Gasteiger partial charge on any atom is 0.321 e. The second-order valence-electron chi connectivity index (χ2n) is 7.71. The van der Waals surface area contributed by atoms with Gasteiger partial charge in [-0.25, -0.2) is 4.79 Å². The summed E-state index contributed by atoms with van der Waals surface area (Å²) >= 11 is 0. The van der Waals surface area contributed by atoms with Gasteiger partial charge in [0.1, 0.15) is 13.2 Å². The summed E-state index contributed by atoms with van der Waals surface area (Å²) < 4.78 is 11.1. The average Bonchev–Trinajstić information content (AvgIpc) is 3.34. The maximum absolute atomic E-state index is 12.7. The first-order valence-corrected chi connectivity index (χ1v) is 10.6. The summed E-state index contributed by atoms with van der Waals surface area (Å²) in [4.78, 5) is 18.9. The molecule has 2 saturated heterocycles. The molecule has 0 radical (unpaired) electrons. The van der Waals surface area contributed by atoms with Gasteiger partial charge in [0.15, 0.2) is 23.1 Å². The Morgan fingerprint density at radius 2 is 1.43 bits per heavy atom. The molecule has 158 valence electrons. The third-order valence-corrected chi connectivity index (χ3v) is 5.75. The Kier molecular flexibility index (Phi) is 5.17. The number of anilines is 3. The molecule has 0 atom stereocenters. The number of ether oxygens (including phenoxy) is 2. The zero-order valence-electron chi connectivity index (χ0n) is 16.9. The van der Waals surface area contributed by atoms with Gasteiger partial charge in [-0.1, -0.05) is 0 Å². The molecule has 1 aromatic heterocycles. The Hall–Kier alpha value is -3.23. The van der Waals surface area contributed by atoms with E-state index in [1.54, 1.807) is 6.07 Å². The van der Waals surface area contributed by atoms with Crippen molar-refractivity contribution in [2.24, 2.45) is 0 Å². The minimum Gasteiger partial charge on any atom is -0.486 e. The highest BCUT2D eigenvalue weighted by Crippen LogP contribution is 2.32. The number of carbonyl (C=O) groups is 1. The Bertz CT molecular complexity index is 892. The van der Waals surface area contributed by atoms with E-state index in [9.17, 15) is 4.79 Å². The predicted octanol–water partition coefficient (Wildman–Crippen LogP) is 2.20. The van der Waals surface area contributed by atoms with Crippen LogP contribution in [0.25, 0.3) is 0 Å². The molecular formula is C21H26N6O3. The summed E-state index contributed by atoms with van der Waals surface area (Å²) in [5, 5.41) is 11.8. The van der Waals surface area contributed by atoms with E-state index < -0.39 is 0 Å². The lowest BCUT2D eigenvalue weighted by molar-refractivity contribution is 0.171. The van der Waals surface area contributed by atoms with Crippen LogP contribution in [-0.4, -0.2) is 73.6 Å². The minimum absolute atomic E-state index is 0.109. The molecule has 0 spiro atoms. The summed E-state index contributed by atoms with van der Waals surface area (Å²) in [7, 11) is 0. The molecule has 0 aliphatic carbocycles. The van der Waals surface area contributed by atoms with E-state index in [-0.39, 0.29) is 6.03 Å². The van der Waals surface area contributed by atoms with E-state index in [2.05, 4.69) is 31.4 Å². The summed E-state index contributed by atoms with van der Waals surface area (Å²) in [6.45, 7) is 5.91. The number of carbonyl (C=O) groups excluding carboxylic acids is 1. The molecule has 2 amide bonds. The number of rotatable bonds is 3. The van der Waals surface area contributed by atoms with Crippen LogP contribution in [0.2, 0.25) is 0 Å². The summed E-state index contributed by atoms with van der Waals surface area (Å²) in [6, 6.07) is 9.44. The fourth-order valence-corrected chi connectivity index (χ4v) is 4.06. The Labute approximate surface area is 175 Å². The Morgan fingerprint density at radius 1 is 0.800 bits per heavy atom. The van der Waals surface area contributed by atoms with Crippen LogP contribution >= 0.6 is 0 Å². The fraction of sp³-hybridized carbons (Fsp3) is 0.476. The molecule has 1 N–H and O–H groups in total. The Balaban J connectivity index is 1.15. The first kappa shape index (κ1) is 18.8. The monoisotopic (exact) mass is 410 g/mol. The van der Waals surface area contributed by atoms with Crippen molar-refractivity contribution in [1.29, 1.82) is 0 Å². The largest absolute Gasteiger partial charge is 0.486 e. The lowest BCUT2D eigenvalue weighted by Crippen LogP contribution is -2.50. The van der Waals surface area contributed by atoms with Gasteiger partial charge in [-0.05, 0) is 37.1 Å². The lowest BCUT2D eigenvalue weighted by atomic mass is 10.2. The second kappa shape index (κ2) is 8.25. The average molecular weight is 410 g/mol. The van der Waals surface area contributed by atoms with E-state index in [1.165, 1.54) is 12.8 Å². The van der Waals surface area contributed by atoms with Crippen molar-refractivity contribution in [2.45, 2.75) is 12.8 Å². The molecule has 5 rings (SSSR count). The topological polar surface area (TPSA) is 83.1 Å². The van der Waals surface area contributed by atoms with Crippen molar-refractivity contribution in [3.8, 4) is 11.5 Å². The van der Waals surface area contributed by atoms with E-state index in [0.29, 0.717) is 43.5 Å². The van der Waals surface area contributed by atoms with Crippen LogP contribution in [0.3, 0.4) is 0 Å². The number of hydrogen-bond acceptors (Lipinski definition) is 7. The van der Waals surface area contributed by atoms with Crippen LogP contribution in [0, 0.1) is 0 Å². The molecule has 0 unspecified atom stereocenters. The molecular weight excluding hydrogens is 384 g/mol. The molecule has 9 nitrogen and oxygen atoms in total. The molecule has 30 heavy (non-hydrogen) atoms. The molecule has 0 saturated carbocycles. The molecule has 3 aliphatic heterocycles. The number of benzene rings is 1. The quantitative estimate of drug-likeness (QED) is 0.831. The van der Waals surface area contributed by atoms with Gasteiger partial charge in [0, 0.05) is 51.0 Å². The smallest absolute Gasteiger partial charge is 0.321 e. The zero-order chi connectivity index (χ0) is 20.3. The highest BCUT2D eigenvalue weighted by Gasteiger charge is 2.23. The molecule has 2 aromatic rings. The molecule has 2 fully saturated rings. The third kappa shape index (κ3) is 3.92. The van der Waals surface area contributed by atoms with Crippen molar-refractivity contribution in [2.75, 3.05) is 67.6 Å². The van der Waals surface area contributed by atoms with Gasteiger partial charge in [-0.3, -0.25) is 0 Å². The first-order valence-electron chi connectivity index (χ1n) is 10.6. The number of urea groups is 1. The summed E-state index contributed by atoms with van der Waals surface area (Å²) in [6.07, 6.45) is 2.44. The van der Waals surface area contributed by atoms with Crippen LogP contribution < -0.4 is 24.6 Å². The van der Waals surface area contributed by atoms with Gasteiger partial charge in [-0.15, -0.1) is 10.2 Å². The van der Waals surface area contributed by atoms with Crippen molar-refractivity contribution in [3.63, 3.8) is 0 Å². The number of nitrogens with zero attached hydrogens (tertiary/aromatic N) is 5. The van der Waals surface area contributed by atoms with Crippen molar-refractivity contribution >= 4 is 23.4 Å². The van der Waals surface area contributed by atoms with Crippen LogP contribution in [0.4, 0.5) is 22.1 Å². The zero-order valence-corrected chi connectivity index (χ0v) is 16.9. The van der Waals surface area contributed by atoms with E-state index in [1.807, 2.05) is 23.1 Å². The van der Waals surface area contributed by atoms with E-state index in [4.69, 9.17) is 9.47 Å². The standard InChI is InChI=1S/C21H26N6O3/c28-21(22-16-3-4-17-18(15-16)30-14-13-29-17)27-11-9-26(10-12-27)20-6-5-19(23-24-20)25-7-1-2-8-25/h3-6,15H,1-2,7-14H2,(H,22,28). The summed E-state index contributed by atoms with van der Waals surface area (Å²) in [5.74, 6) is 3.20. The highest BCUT2D eigenvalue weighted by atomic mass is 16.6. The summed E-state index contributed by atoms with van der Waals surface area (Å²) in [5.41, 5.74) is 0.704. The van der Waals surface area contributed by atoms with Crippen LogP contribution in [0.5, 0.6) is 11.5 Å². The first-order chi connectivity index (χ1) is 14.8. The number of nitrogens with one attached hydrogen (secondary N) is 1. The number of piperazine rings is 1. The van der Waals surface area contributed by atoms with Gasteiger partial charge < -0.3 is 29.5 Å². The number of amides is 2. The minimum atomic E-state index is -0.109. The van der Waals surface area contributed by atoms with Gasteiger partial charge in [0.25, 0.3) is 0 Å².